The minimum absolute atomic E-state index is 0.0194. The molecule has 0 radical (unpaired) electrons. The normalized spacial score (nSPS) is 16.7. The van der Waals surface area contributed by atoms with Crippen molar-refractivity contribution in [2.45, 2.75) is 72.3 Å². The average Bonchev–Trinajstić information content (AvgIpc) is 2.52. The second kappa shape index (κ2) is 8.13. The van der Waals surface area contributed by atoms with E-state index in [4.69, 9.17) is 9.97 Å². The number of hydrogen-bond donors (Lipinski definition) is 1. The van der Waals surface area contributed by atoms with Crippen LogP contribution in [0.3, 0.4) is 0 Å². The first kappa shape index (κ1) is 21.6. The molecule has 0 saturated carbocycles. The van der Waals surface area contributed by atoms with Gasteiger partial charge in [-0.25, -0.2) is 9.97 Å². The summed E-state index contributed by atoms with van der Waals surface area (Å²) in [6, 6.07) is 2.32. The fourth-order valence-corrected chi connectivity index (χ4v) is 3.02. The minimum atomic E-state index is -0.0905. The van der Waals surface area contributed by atoms with Gasteiger partial charge in [0.1, 0.15) is 11.6 Å². The van der Waals surface area contributed by atoms with Crippen LogP contribution >= 0.6 is 0 Å². The number of nitrogens with one attached hydrogen (secondary N) is 1. The Morgan fingerprint density at radius 1 is 1.04 bits per heavy atom. The van der Waals surface area contributed by atoms with Crippen LogP contribution in [0.4, 0.5) is 5.82 Å². The molecule has 0 aliphatic carbocycles. The fraction of sp³-hybridized carbons (Fsp3) is 0.762. The molecule has 6 heteroatoms. The van der Waals surface area contributed by atoms with Crippen LogP contribution in [0.1, 0.15) is 66.9 Å². The molecule has 1 N–H and O–H groups in total. The summed E-state index contributed by atoms with van der Waals surface area (Å²) in [4.78, 5) is 26.3. The Morgan fingerprint density at radius 3 is 2.11 bits per heavy atom. The second-order valence-corrected chi connectivity index (χ2v) is 9.92. The molecule has 1 fully saturated rings. The topological polar surface area (TPSA) is 61.4 Å². The second-order valence-electron chi connectivity index (χ2n) is 9.92. The molecule has 1 aliphatic rings. The number of anilines is 1. The molecular formula is C21H37N5O. The first-order valence-electron chi connectivity index (χ1n) is 10.0. The molecule has 27 heavy (non-hydrogen) atoms. The van der Waals surface area contributed by atoms with E-state index < -0.39 is 0 Å². The molecule has 1 aromatic heterocycles. The van der Waals surface area contributed by atoms with Gasteiger partial charge in [0.15, 0.2) is 0 Å². The molecule has 2 heterocycles. The van der Waals surface area contributed by atoms with Crippen molar-refractivity contribution in [2.24, 2.45) is 0 Å². The minimum Gasteiger partial charge on any atom is -0.354 e. The highest BCUT2D eigenvalue weighted by Gasteiger charge is 2.26. The molecule has 1 amide bonds. The molecule has 152 valence electrons. The van der Waals surface area contributed by atoms with E-state index in [0.29, 0.717) is 6.54 Å². The Bertz CT molecular complexity index is 617. The third-order valence-electron chi connectivity index (χ3n) is 4.67. The van der Waals surface area contributed by atoms with Gasteiger partial charge < -0.3 is 10.2 Å². The van der Waals surface area contributed by atoms with E-state index in [-0.39, 0.29) is 22.8 Å². The summed E-state index contributed by atoms with van der Waals surface area (Å²) in [6.45, 7) is 21.0. The van der Waals surface area contributed by atoms with Gasteiger partial charge in [-0.1, -0.05) is 41.5 Å². The van der Waals surface area contributed by atoms with Gasteiger partial charge >= 0.3 is 0 Å². The number of carbonyl (C=O) groups excluding carboxylic acids is 1. The number of amides is 1. The summed E-state index contributed by atoms with van der Waals surface area (Å²) in [5.74, 6) is 2.00. The van der Waals surface area contributed by atoms with E-state index >= 15 is 0 Å². The van der Waals surface area contributed by atoms with Gasteiger partial charge in [-0.05, 0) is 13.8 Å². The first-order chi connectivity index (χ1) is 12.4. The lowest BCUT2D eigenvalue weighted by molar-refractivity contribution is -0.122. The van der Waals surface area contributed by atoms with Crippen LogP contribution < -0.4 is 10.2 Å². The molecule has 0 bridgehead atoms. The summed E-state index contributed by atoms with van der Waals surface area (Å²) in [7, 11) is 0. The highest BCUT2D eigenvalue weighted by Crippen LogP contribution is 2.28. The SMILES string of the molecule is CC(C)NC(=O)CN1CCN(c2cc(C(C)(C)C)nc(C(C)(C)C)n2)CC1. The van der Waals surface area contributed by atoms with Crippen molar-refractivity contribution >= 4 is 11.7 Å². The lowest BCUT2D eigenvalue weighted by Crippen LogP contribution is -2.50. The summed E-state index contributed by atoms with van der Waals surface area (Å²) in [6.07, 6.45) is 0. The fourth-order valence-electron chi connectivity index (χ4n) is 3.02. The van der Waals surface area contributed by atoms with Crippen LogP contribution in [0.15, 0.2) is 6.07 Å². The number of rotatable bonds is 4. The molecule has 1 aliphatic heterocycles. The summed E-state index contributed by atoms with van der Waals surface area (Å²) < 4.78 is 0. The zero-order valence-corrected chi connectivity index (χ0v) is 18.4. The van der Waals surface area contributed by atoms with Gasteiger partial charge in [-0.15, -0.1) is 0 Å². The number of piperazine rings is 1. The van der Waals surface area contributed by atoms with E-state index in [1.54, 1.807) is 0 Å². The van der Waals surface area contributed by atoms with Crippen molar-refractivity contribution in [3.63, 3.8) is 0 Å². The van der Waals surface area contributed by atoms with Gasteiger partial charge in [-0.3, -0.25) is 9.69 Å². The maximum absolute atomic E-state index is 12.0. The third-order valence-corrected chi connectivity index (χ3v) is 4.67. The molecule has 6 nitrogen and oxygen atoms in total. The Hall–Kier alpha value is -1.69. The van der Waals surface area contributed by atoms with Gasteiger partial charge in [0, 0.05) is 49.1 Å². The molecule has 0 spiro atoms. The molecule has 1 aromatic rings. The Kier molecular flexibility index (Phi) is 6.51. The highest BCUT2D eigenvalue weighted by molar-refractivity contribution is 5.78. The van der Waals surface area contributed by atoms with E-state index in [9.17, 15) is 4.79 Å². The van der Waals surface area contributed by atoms with Crippen molar-refractivity contribution in [1.82, 2.24) is 20.2 Å². The zero-order chi connectivity index (χ0) is 20.4. The summed E-state index contributed by atoms with van der Waals surface area (Å²) >= 11 is 0. The molecule has 1 saturated heterocycles. The Balaban J connectivity index is 2.12. The van der Waals surface area contributed by atoms with E-state index in [1.807, 2.05) is 13.8 Å². The maximum Gasteiger partial charge on any atom is 0.234 e. The van der Waals surface area contributed by atoms with Crippen LogP contribution in [0.25, 0.3) is 0 Å². The largest absolute Gasteiger partial charge is 0.354 e. The van der Waals surface area contributed by atoms with Crippen molar-refractivity contribution in [3.8, 4) is 0 Å². The summed E-state index contributed by atoms with van der Waals surface area (Å²) in [5.41, 5.74) is 0.970. The van der Waals surface area contributed by atoms with Crippen LogP contribution in [-0.4, -0.2) is 59.5 Å². The predicted molar refractivity (Wildman–Crippen MR) is 111 cm³/mol. The first-order valence-corrected chi connectivity index (χ1v) is 10.0. The van der Waals surface area contributed by atoms with Crippen LogP contribution in [-0.2, 0) is 15.6 Å². The van der Waals surface area contributed by atoms with E-state index in [0.717, 1.165) is 43.5 Å². The Morgan fingerprint density at radius 2 is 1.63 bits per heavy atom. The van der Waals surface area contributed by atoms with Crippen molar-refractivity contribution < 1.29 is 4.79 Å². The number of aromatic nitrogens is 2. The molecule has 0 aromatic carbocycles. The number of hydrogen-bond acceptors (Lipinski definition) is 5. The van der Waals surface area contributed by atoms with Crippen LogP contribution in [0, 0.1) is 0 Å². The molecule has 0 atom stereocenters. The lowest BCUT2D eigenvalue weighted by atomic mass is 9.90. The average molecular weight is 376 g/mol. The molecule has 2 rings (SSSR count). The van der Waals surface area contributed by atoms with Gasteiger partial charge in [0.2, 0.25) is 5.91 Å². The van der Waals surface area contributed by atoms with Gasteiger partial charge in [-0.2, -0.15) is 0 Å². The smallest absolute Gasteiger partial charge is 0.234 e. The third kappa shape index (κ3) is 6.16. The van der Waals surface area contributed by atoms with Crippen molar-refractivity contribution in [2.75, 3.05) is 37.6 Å². The number of nitrogens with zero attached hydrogens (tertiary/aromatic N) is 4. The number of carbonyl (C=O) groups is 1. The van der Waals surface area contributed by atoms with Gasteiger partial charge in [0.05, 0.1) is 12.2 Å². The van der Waals surface area contributed by atoms with Gasteiger partial charge in [0.25, 0.3) is 0 Å². The van der Waals surface area contributed by atoms with Crippen LogP contribution in [0.5, 0.6) is 0 Å². The van der Waals surface area contributed by atoms with Crippen molar-refractivity contribution in [1.29, 1.82) is 0 Å². The monoisotopic (exact) mass is 375 g/mol. The Labute approximate surface area is 164 Å². The lowest BCUT2D eigenvalue weighted by Gasteiger charge is -2.36. The van der Waals surface area contributed by atoms with Crippen molar-refractivity contribution in [3.05, 3.63) is 17.6 Å². The predicted octanol–water partition coefficient (Wildman–Crippen LogP) is 2.72. The quantitative estimate of drug-likeness (QED) is 0.877. The van der Waals surface area contributed by atoms with Crippen LogP contribution in [0.2, 0.25) is 0 Å². The van der Waals surface area contributed by atoms with E-state index in [2.05, 4.69) is 62.7 Å². The zero-order valence-electron chi connectivity index (χ0n) is 18.4. The summed E-state index contributed by atoms with van der Waals surface area (Å²) in [5, 5.41) is 2.97. The maximum atomic E-state index is 12.0. The molecule has 0 unspecified atom stereocenters. The molecular weight excluding hydrogens is 338 g/mol. The highest BCUT2D eigenvalue weighted by atomic mass is 16.2. The standard InChI is InChI=1S/C21H37N5O/c1-15(2)22-18(27)14-25-9-11-26(12-10-25)17-13-16(20(3,4)5)23-19(24-17)21(6,7)8/h13,15H,9-12,14H2,1-8H3,(H,22,27). The van der Waals surface area contributed by atoms with E-state index in [1.165, 1.54) is 0 Å².